The minimum absolute atomic E-state index is 0.322. The predicted molar refractivity (Wildman–Crippen MR) is 82.2 cm³/mol. The molecule has 0 aliphatic carbocycles. The molecule has 0 amide bonds. The van der Waals surface area contributed by atoms with Crippen molar-refractivity contribution in [3.8, 4) is 6.07 Å². The van der Waals surface area contributed by atoms with Crippen molar-refractivity contribution in [1.82, 2.24) is 5.32 Å². The minimum Gasteiger partial charge on any atom is -0.306 e. The van der Waals surface area contributed by atoms with Gasteiger partial charge in [0.2, 0.25) is 0 Å². The number of nitriles is 1. The molecule has 0 spiro atoms. The molecule has 0 fully saturated rings. The largest absolute Gasteiger partial charge is 0.306 e. The molecule has 2 aromatic carbocycles. The summed E-state index contributed by atoms with van der Waals surface area (Å²) in [6, 6.07) is 18.9. The second-order valence-electron chi connectivity index (χ2n) is 5.02. The summed E-state index contributed by atoms with van der Waals surface area (Å²) in [7, 11) is 0. The molecule has 0 bridgehead atoms. The Kier molecular flexibility index (Phi) is 4.92. The van der Waals surface area contributed by atoms with Crippen LogP contribution in [0.4, 0.5) is 0 Å². The van der Waals surface area contributed by atoms with Gasteiger partial charge >= 0.3 is 0 Å². The summed E-state index contributed by atoms with van der Waals surface area (Å²) in [4.78, 5) is 0. The highest BCUT2D eigenvalue weighted by molar-refractivity contribution is 5.37. The van der Waals surface area contributed by atoms with E-state index in [0.29, 0.717) is 6.04 Å². The fourth-order valence-corrected chi connectivity index (χ4v) is 2.31. The van der Waals surface area contributed by atoms with Crippen molar-refractivity contribution in [2.75, 3.05) is 0 Å². The molecule has 0 saturated carbocycles. The summed E-state index contributed by atoms with van der Waals surface area (Å²) in [5.41, 5.74) is 4.38. The number of nitrogens with one attached hydrogen (secondary N) is 1. The zero-order chi connectivity index (χ0) is 14.4. The van der Waals surface area contributed by atoms with Gasteiger partial charge < -0.3 is 5.32 Å². The highest BCUT2D eigenvalue weighted by Gasteiger charge is 2.09. The van der Waals surface area contributed by atoms with Gasteiger partial charge in [0.25, 0.3) is 0 Å². The lowest BCUT2D eigenvalue weighted by Gasteiger charge is -2.18. The van der Waals surface area contributed by atoms with Gasteiger partial charge in [-0.05, 0) is 30.5 Å². The lowest BCUT2D eigenvalue weighted by Crippen LogP contribution is -2.20. The summed E-state index contributed by atoms with van der Waals surface area (Å²) < 4.78 is 0. The van der Waals surface area contributed by atoms with Gasteiger partial charge in [0.15, 0.2) is 0 Å². The van der Waals surface area contributed by atoms with E-state index < -0.39 is 0 Å². The number of hydrogen-bond donors (Lipinski definition) is 1. The minimum atomic E-state index is 0.322. The van der Waals surface area contributed by atoms with Crippen LogP contribution >= 0.6 is 0 Å². The molecule has 1 N–H and O–H groups in total. The Morgan fingerprint density at radius 2 is 1.80 bits per heavy atom. The Bertz CT molecular complexity index is 594. The summed E-state index contributed by atoms with van der Waals surface area (Å²) in [6.45, 7) is 4.99. The van der Waals surface area contributed by atoms with Gasteiger partial charge in [-0.2, -0.15) is 5.26 Å². The molecule has 0 aliphatic rings. The maximum atomic E-state index is 9.11. The number of benzene rings is 2. The van der Waals surface area contributed by atoms with Crippen molar-refractivity contribution >= 4 is 0 Å². The summed E-state index contributed by atoms with van der Waals surface area (Å²) in [6.07, 6.45) is 1.03. The van der Waals surface area contributed by atoms with Gasteiger partial charge in [-0.1, -0.05) is 55.0 Å². The van der Waals surface area contributed by atoms with Crippen LogP contribution in [0.25, 0.3) is 0 Å². The molecule has 1 atom stereocenters. The smallest absolute Gasteiger partial charge is 0.0995 e. The highest BCUT2D eigenvalue weighted by Crippen LogP contribution is 2.18. The zero-order valence-corrected chi connectivity index (χ0v) is 12.1. The van der Waals surface area contributed by atoms with Gasteiger partial charge in [-0.3, -0.25) is 0 Å². The van der Waals surface area contributed by atoms with E-state index >= 15 is 0 Å². The first-order valence-electron chi connectivity index (χ1n) is 7.02. The van der Waals surface area contributed by atoms with Crippen molar-refractivity contribution in [3.63, 3.8) is 0 Å². The number of rotatable bonds is 5. The molecule has 2 heteroatoms. The average molecular weight is 264 g/mol. The monoisotopic (exact) mass is 264 g/mol. The van der Waals surface area contributed by atoms with E-state index in [4.69, 9.17) is 5.26 Å². The van der Waals surface area contributed by atoms with Crippen LogP contribution in [0.5, 0.6) is 0 Å². The Balaban J connectivity index is 2.08. The van der Waals surface area contributed by atoms with Crippen LogP contribution in [-0.2, 0) is 6.54 Å². The molecule has 2 rings (SSSR count). The molecule has 2 nitrogen and oxygen atoms in total. The number of hydrogen-bond acceptors (Lipinski definition) is 2. The van der Waals surface area contributed by atoms with Gasteiger partial charge in [0, 0.05) is 12.6 Å². The lowest BCUT2D eigenvalue weighted by molar-refractivity contribution is 0.518. The van der Waals surface area contributed by atoms with Gasteiger partial charge in [0.05, 0.1) is 11.6 Å². The summed E-state index contributed by atoms with van der Waals surface area (Å²) in [5, 5.41) is 12.7. The fraction of sp³-hybridized carbons (Fsp3) is 0.278. The predicted octanol–water partition coefficient (Wildman–Crippen LogP) is 4.11. The van der Waals surface area contributed by atoms with E-state index in [0.717, 1.165) is 24.1 Å². The second kappa shape index (κ2) is 6.88. The molecule has 0 heterocycles. The van der Waals surface area contributed by atoms with Gasteiger partial charge in [-0.15, -0.1) is 0 Å². The summed E-state index contributed by atoms with van der Waals surface area (Å²) in [5.74, 6) is 0. The van der Waals surface area contributed by atoms with E-state index in [2.05, 4.69) is 49.5 Å². The molecule has 102 valence electrons. The molecule has 0 saturated heterocycles. The molecular formula is C18H20N2. The SMILES string of the molecule is CCC(NCc1ccccc1C#N)c1ccc(C)cc1. The standard InChI is InChI=1S/C18H20N2/c1-3-18(15-10-8-14(2)9-11-15)20-13-17-7-5-4-6-16(17)12-19/h4-11,18,20H,3,13H2,1-2H3. The maximum absolute atomic E-state index is 9.11. The molecule has 0 aromatic heterocycles. The molecule has 1 unspecified atom stereocenters. The van der Waals surface area contributed by atoms with Crippen LogP contribution in [0.15, 0.2) is 48.5 Å². The topological polar surface area (TPSA) is 35.8 Å². The maximum Gasteiger partial charge on any atom is 0.0995 e. The van der Waals surface area contributed by atoms with Crippen molar-refractivity contribution in [2.24, 2.45) is 0 Å². The van der Waals surface area contributed by atoms with E-state index in [-0.39, 0.29) is 0 Å². The van der Waals surface area contributed by atoms with Crippen molar-refractivity contribution in [3.05, 3.63) is 70.8 Å². The summed E-state index contributed by atoms with van der Waals surface area (Å²) >= 11 is 0. The normalized spacial score (nSPS) is 11.8. The highest BCUT2D eigenvalue weighted by atomic mass is 14.9. The molecule has 0 radical (unpaired) electrons. The van der Waals surface area contributed by atoms with Crippen LogP contribution in [0.2, 0.25) is 0 Å². The first-order chi connectivity index (χ1) is 9.74. The van der Waals surface area contributed by atoms with Crippen molar-refractivity contribution in [1.29, 1.82) is 5.26 Å². The Morgan fingerprint density at radius 3 is 2.45 bits per heavy atom. The number of nitrogens with zero attached hydrogens (tertiary/aromatic N) is 1. The van der Waals surface area contributed by atoms with Crippen molar-refractivity contribution < 1.29 is 0 Å². The van der Waals surface area contributed by atoms with Crippen LogP contribution < -0.4 is 5.32 Å². The first kappa shape index (κ1) is 14.3. The Labute approximate surface area is 121 Å². The third-order valence-electron chi connectivity index (χ3n) is 3.56. The Hall–Kier alpha value is -2.11. The quantitative estimate of drug-likeness (QED) is 0.882. The van der Waals surface area contributed by atoms with Gasteiger partial charge in [0.1, 0.15) is 0 Å². The average Bonchev–Trinajstić information content (AvgIpc) is 2.50. The molecule has 0 aliphatic heterocycles. The second-order valence-corrected chi connectivity index (χ2v) is 5.02. The van der Waals surface area contributed by atoms with Crippen LogP contribution in [0.1, 0.15) is 41.6 Å². The van der Waals surface area contributed by atoms with Crippen LogP contribution in [0.3, 0.4) is 0 Å². The van der Waals surface area contributed by atoms with E-state index in [1.165, 1.54) is 11.1 Å². The third kappa shape index (κ3) is 3.46. The third-order valence-corrected chi connectivity index (χ3v) is 3.56. The van der Waals surface area contributed by atoms with Crippen LogP contribution in [-0.4, -0.2) is 0 Å². The van der Waals surface area contributed by atoms with E-state index in [1.54, 1.807) is 0 Å². The fourth-order valence-electron chi connectivity index (χ4n) is 2.31. The van der Waals surface area contributed by atoms with Crippen LogP contribution in [0, 0.1) is 18.3 Å². The zero-order valence-electron chi connectivity index (χ0n) is 12.1. The van der Waals surface area contributed by atoms with E-state index in [9.17, 15) is 0 Å². The Morgan fingerprint density at radius 1 is 1.10 bits per heavy atom. The van der Waals surface area contributed by atoms with Crippen molar-refractivity contribution in [2.45, 2.75) is 32.9 Å². The molecule has 2 aromatic rings. The molecular weight excluding hydrogens is 244 g/mol. The first-order valence-corrected chi connectivity index (χ1v) is 7.02. The van der Waals surface area contributed by atoms with Gasteiger partial charge in [-0.25, -0.2) is 0 Å². The lowest BCUT2D eigenvalue weighted by atomic mass is 10.0. The molecule has 20 heavy (non-hydrogen) atoms. The number of aryl methyl sites for hydroxylation is 1. The van der Waals surface area contributed by atoms with E-state index in [1.807, 2.05) is 24.3 Å².